The maximum atomic E-state index is 11.2. The highest BCUT2D eigenvalue weighted by atomic mass is 16.2. The molecule has 0 aromatic heterocycles. The van der Waals surface area contributed by atoms with Gasteiger partial charge in [-0.25, -0.2) is 4.79 Å². The third kappa shape index (κ3) is 2.89. The van der Waals surface area contributed by atoms with Crippen molar-refractivity contribution in [2.75, 3.05) is 0 Å². The fourth-order valence-corrected chi connectivity index (χ4v) is 1.58. The molecule has 0 bridgehead atoms. The molecule has 1 rings (SSSR count). The second-order valence-electron chi connectivity index (χ2n) is 4.14. The third-order valence-corrected chi connectivity index (χ3v) is 1.94. The van der Waals surface area contributed by atoms with E-state index in [0.29, 0.717) is 18.5 Å². The van der Waals surface area contributed by atoms with E-state index in [2.05, 4.69) is 5.32 Å². The van der Waals surface area contributed by atoms with Crippen molar-refractivity contribution in [3.63, 3.8) is 0 Å². The second-order valence-corrected chi connectivity index (χ2v) is 4.14. The minimum absolute atomic E-state index is 0.0417. The van der Waals surface area contributed by atoms with Crippen LogP contribution in [0.2, 0.25) is 0 Å². The van der Waals surface area contributed by atoms with Crippen LogP contribution in [0.25, 0.3) is 0 Å². The van der Waals surface area contributed by atoms with E-state index in [1.807, 2.05) is 13.8 Å². The van der Waals surface area contributed by atoms with E-state index in [1.54, 1.807) is 0 Å². The highest BCUT2D eigenvalue weighted by Crippen LogP contribution is 2.32. The molecule has 1 aliphatic rings. The number of nitrogens with two attached hydrogens (primary N) is 1. The molecule has 0 atom stereocenters. The number of urea groups is 1. The number of nitrogens with one attached hydrogen (secondary N) is 1. The second kappa shape index (κ2) is 3.20. The molecular weight excluding hydrogens is 168 g/mol. The van der Waals surface area contributed by atoms with Crippen LogP contribution in [0, 0.1) is 5.41 Å². The molecule has 0 spiro atoms. The first-order chi connectivity index (χ1) is 5.89. The summed E-state index contributed by atoms with van der Waals surface area (Å²) in [6.07, 6.45) is 2.66. The molecule has 0 aromatic rings. The summed E-state index contributed by atoms with van der Waals surface area (Å²) in [6, 6.07) is -0.614. The highest BCUT2D eigenvalue weighted by Gasteiger charge is 2.27. The lowest BCUT2D eigenvalue weighted by Gasteiger charge is -2.28. The number of carbonyl (C=O) groups is 2. The summed E-state index contributed by atoms with van der Waals surface area (Å²) in [5.74, 6) is 0.0417. The van der Waals surface area contributed by atoms with Gasteiger partial charge in [-0.1, -0.05) is 13.8 Å². The minimum Gasteiger partial charge on any atom is -0.351 e. The Morgan fingerprint density at radius 1 is 1.54 bits per heavy atom. The Morgan fingerprint density at radius 2 is 2.15 bits per heavy atom. The summed E-state index contributed by atoms with van der Waals surface area (Å²) in [5.41, 5.74) is 5.49. The van der Waals surface area contributed by atoms with Gasteiger partial charge >= 0.3 is 6.03 Å². The van der Waals surface area contributed by atoms with Crippen LogP contribution in [0.3, 0.4) is 0 Å². The first-order valence-corrected chi connectivity index (χ1v) is 4.19. The lowest BCUT2D eigenvalue weighted by molar-refractivity contribution is -0.117. The van der Waals surface area contributed by atoms with E-state index in [4.69, 9.17) is 5.73 Å². The van der Waals surface area contributed by atoms with Gasteiger partial charge in [0.1, 0.15) is 0 Å². The van der Waals surface area contributed by atoms with E-state index in [1.165, 1.54) is 6.08 Å². The Labute approximate surface area is 77.2 Å². The zero-order valence-electron chi connectivity index (χ0n) is 7.89. The van der Waals surface area contributed by atoms with Gasteiger partial charge in [-0.05, 0) is 11.8 Å². The van der Waals surface area contributed by atoms with Crippen molar-refractivity contribution < 1.29 is 9.59 Å². The Morgan fingerprint density at radius 3 is 2.62 bits per heavy atom. The number of hydrogen-bond donors (Lipinski definition) is 2. The number of allylic oxidation sites excluding steroid dienone is 2. The SMILES string of the molecule is CC1(C)CC(=O)C=C(NC(N)=O)C1. The van der Waals surface area contributed by atoms with Crippen molar-refractivity contribution in [1.29, 1.82) is 0 Å². The number of rotatable bonds is 1. The van der Waals surface area contributed by atoms with Crippen LogP contribution in [0.15, 0.2) is 11.8 Å². The number of primary amides is 1. The van der Waals surface area contributed by atoms with E-state index in [-0.39, 0.29) is 11.2 Å². The molecule has 0 saturated carbocycles. The lowest BCUT2D eigenvalue weighted by Crippen LogP contribution is -2.34. The zero-order chi connectivity index (χ0) is 10.1. The Hall–Kier alpha value is -1.32. The Balaban J connectivity index is 2.75. The number of ketones is 1. The minimum atomic E-state index is -0.614. The van der Waals surface area contributed by atoms with Gasteiger partial charge in [0.15, 0.2) is 5.78 Å². The van der Waals surface area contributed by atoms with Crippen molar-refractivity contribution in [3.8, 4) is 0 Å². The zero-order valence-corrected chi connectivity index (χ0v) is 7.89. The summed E-state index contributed by atoms with van der Waals surface area (Å²) >= 11 is 0. The molecule has 72 valence electrons. The van der Waals surface area contributed by atoms with Crippen molar-refractivity contribution in [2.45, 2.75) is 26.7 Å². The molecule has 0 aromatic carbocycles. The smallest absolute Gasteiger partial charge is 0.316 e. The summed E-state index contributed by atoms with van der Waals surface area (Å²) < 4.78 is 0. The van der Waals surface area contributed by atoms with E-state index < -0.39 is 6.03 Å². The summed E-state index contributed by atoms with van der Waals surface area (Å²) in [4.78, 5) is 21.7. The van der Waals surface area contributed by atoms with Gasteiger partial charge in [0.25, 0.3) is 0 Å². The third-order valence-electron chi connectivity index (χ3n) is 1.94. The molecule has 0 radical (unpaired) electrons. The van der Waals surface area contributed by atoms with Gasteiger partial charge in [-0.2, -0.15) is 0 Å². The molecule has 0 aliphatic heterocycles. The topological polar surface area (TPSA) is 72.2 Å². The largest absolute Gasteiger partial charge is 0.351 e. The number of amides is 2. The standard InChI is InChI=1S/C9H14N2O2/c1-9(2)4-6(11-8(10)13)3-7(12)5-9/h3H,4-5H2,1-2H3,(H3,10,11,13). The van der Waals surface area contributed by atoms with Crippen LogP contribution in [-0.4, -0.2) is 11.8 Å². The van der Waals surface area contributed by atoms with Crippen molar-refractivity contribution >= 4 is 11.8 Å². The van der Waals surface area contributed by atoms with E-state index in [9.17, 15) is 9.59 Å². The molecule has 4 heteroatoms. The molecule has 0 unspecified atom stereocenters. The summed E-state index contributed by atoms with van der Waals surface area (Å²) in [6.45, 7) is 3.97. The average Bonchev–Trinajstić information content (AvgIpc) is 1.78. The summed E-state index contributed by atoms with van der Waals surface area (Å²) in [5, 5.41) is 2.45. The number of hydrogen-bond acceptors (Lipinski definition) is 2. The average molecular weight is 182 g/mol. The predicted octanol–water partition coefficient (Wildman–Crippen LogP) is 0.928. The fourth-order valence-electron chi connectivity index (χ4n) is 1.58. The van der Waals surface area contributed by atoms with E-state index >= 15 is 0 Å². The monoisotopic (exact) mass is 182 g/mol. The maximum Gasteiger partial charge on any atom is 0.316 e. The van der Waals surface area contributed by atoms with Crippen LogP contribution in [0.4, 0.5) is 4.79 Å². The summed E-state index contributed by atoms with van der Waals surface area (Å²) in [7, 11) is 0. The molecular formula is C9H14N2O2. The van der Waals surface area contributed by atoms with Gasteiger partial charge in [-0.15, -0.1) is 0 Å². The van der Waals surface area contributed by atoms with Crippen molar-refractivity contribution in [2.24, 2.45) is 11.1 Å². The molecule has 1 aliphatic carbocycles. The van der Waals surface area contributed by atoms with E-state index in [0.717, 1.165) is 0 Å². The first kappa shape index (κ1) is 9.77. The first-order valence-electron chi connectivity index (χ1n) is 4.19. The normalized spacial score (nSPS) is 20.8. The molecule has 0 heterocycles. The molecule has 2 amide bonds. The maximum absolute atomic E-state index is 11.2. The van der Waals surface area contributed by atoms with Gasteiger partial charge in [-0.3, -0.25) is 4.79 Å². The van der Waals surface area contributed by atoms with Crippen molar-refractivity contribution in [1.82, 2.24) is 5.32 Å². The molecule has 0 saturated heterocycles. The van der Waals surface area contributed by atoms with Gasteiger partial charge in [0.2, 0.25) is 0 Å². The molecule has 3 N–H and O–H groups in total. The molecule has 13 heavy (non-hydrogen) atoms. The van der Waals surface area contributed by atoms with Crippen LogP contribution in [-0.2, 0) is 4.79 Å². The fraction of sp³-hybridized carbons (Fsp3) is 0.556. The van der Waals surface area contributed by atoms with Crippen LogP contribution >= 0.6 is 0 Å². The van der Waals surface area contributed by atoms with Gasteiger partial charge in [0.05, 0.1) is 0 Å². The quantitative estimate of drug-likeness (QED) is 0.633. The van der Waals surface area contributed by atoms with Crippen LogP contribution in [0.5, 0.6) is 0 Å². The molecule has 4 nitrogen and oxygen atoms in total. The predicted molar refractivity (Wildman–Crippen MR) is 48.8 cm³/mol. The number of carbonyl (C=O) groups excluding carboxylic acids is 2. The van der Waals surface area contributed by atoms with Gasteiger partial charge in [0, 0.05) is 18.2 Å². The highest BCUT2D eigenvalue weighted by molar-refractivity contribution is 5.92. The molecule has 0 fully saturated rings. The lowest BCUT2D eigenvalue weighted by atomic mass is 9.79. The van der Waals surface area contributed by atoms with Crippen LogP contribution < -0.4 is 11.1 Å². The Kier molecular flexibility index (Phi) is 2.40. The van der Waals surface area contributed by atoms with Gasteiger partial charge < -0.3 is 11.1 Å². The van der Waals surface area contributed by atoms with Crippen LogP contribution in [0.1, 0.15) is 26.7 Å². The Bertz CT molecular complexity index is 279. The van der Waals surface area contributed by atoms with Crippen molar-refractivity contribution in [3.05, 3.63) is 11.8 Å².